The van der Waals surface area contributed by atoms with E-state index in [2.05, 4.69) is 9.44 Å². The summed E-state index contributed by atoms with van der Waals surface area (Å²) in [7, 11) is -3.49. The number of amidine groups is 1. The highest BCUT2D eigenvalue weighted by molar-refractivity contribution is 7.90. The van der Waals surface area contributed by atoms with Crippen LogP contribution in [-0.4, -0.2) is 20.8 Å². The Balaban J connectivity index is 2.72. The highest BCUT2D eigenvalue weighted by Crippen LogP contribution is 2.11. The summed E-state index contributed by atoms with van der Waals surface area (Å²) in [5.41, 5.74) is 6.60. The Morgan fingerprint density at radius 2 is 1.94 bits per heavy atom. The third kappa shape index (κ3) is 4.83. The second-order valence-electron chi connectivity index (χ2n) is 3.50. The first-order valence-electron chi connectivity index (χ1n) is 5.12. The SMILES string of the molecule is CCNS(=O)(=O)Nc1ccc(CC(=N)N)cc1. The van der Waals surface area contributed by atoms with Gasteiger partial charge in [0.15, 0.2) is 0 Å². The van der Waals surface area contributed by atoms with Gasteiger partial charge in [-0.2, -0.15) is 13.1 Å². The quantitative estimate of drug-likeness (QED) is 0.438. The van der Waals surface area contributed by atoms with E-state index in [1.165, 1.54) is 0 Å². The van der Waals surface area contributed by atoms with Crippen molar-refractivity contribution in [1.82, 2.24) is 4.72 Å². The maximum Gasteiger partial charge on any atom is 0.299 e. The number of anilines is 1. The Morgan fingerprint density at radius 3 is 2.41 bits per heavy atom. The van der Waals surface area contributed by atoms with Crippen molar-refractivity contribution in [3.8, 4) is 0 Å². The molecule has 0 aliphatic heterocycles. The molecule has 0 spiro atoms. The van der Waals surface area contributed by atoms with Gasteiger partial charge in [-0.15, -0.1) is 0 Å². The van der Waals surface area contributed by atoms with Crippen LogP contribution in [0.25, 0.3) is 0 Å². The van der Waals surface area contributed by atoms with Gasteiger partial charge in [-0.3, -0.25) is 10.1 Å². The molecular formula is C10H16N4O2S. The molecule has 5 N–H and O–H groups in total. The van der Waals surface area contributed by atoms with Gasteiger partial charge in [0, 0.05) is 18.7 Å². The van der Waals surface area contributed by atoms with Crippen molar-refractivity contribution in [1.29, 1.82) is 5.41 Å². The van der Waals surface area contributed by atoms with Crippen LogP contribution in [0.3, 0.4) is 0 Å². The van der Waals surface area contributed by atoms with Gasteiger partial charge >= 0.3 is 0 Å². The van der Waals surface area contributed by atoms with Crippen molar-refractivity contribution in [3.63, 3.8) is 0 Å². The fraction of sp³-hybridized carbons (Fsp3) is 0.300. The fourth-order valence-corrected chi connectivity index (χ4v) is 2.19. The standard InChI is InChI=1S/C10H16N4O2S/c1-2-13-17(15,16)14-9-5-3-8(4-6-9)7-10(11)12/h3-6,13-14H,2,7H2,1H3,(H3,11,12). The van der Waals surface area contributed by atoms with E-state index in [1.807, 2.05) is 0 Å². The molecule has 1 aromatic rings. The summed E-state index contributed by atoms with van der Waals surface area (Å²) in [6.45, 7) is 2.03. The molecule has 0 unspecified atom stereocenters. The molecule has 0 aromatic heterocycles. The maximum absolute atomic E-state index is 11.4. The lowest BCUT2D eigenvalue weighted by molar-refractivity contribution is 0.589. The van der Waals surface area contributed by atoms with Crippen LogP contribution in [0, 0.1) is 5.41 Å². The molecule has 0 saturated carbocycles. The van der Waals surface area contributed by atoms with Crippen molar-refractivity contribution >= 4 is 21.7 Å². The first-order valence-corrected chi connectivity index (χ1v) is 6.60. The molecule has 0 aliphatic rings. The van der Waals surface area contributed by atoms with Crippen molar-refractivity contribution in [2.24, 2.45) is 5.73 Å². The molecule has 0 aliphatic carbocycles. The number of hydrogen-bond donors (Lipinski definition) is 4. The summed E-state index contributed by atoms with van der Waals surface area (Å²) in [4.78, 5) is 0. The van der Waals surface area contributed by atoms with Crippen molar-refractivity contribution in [2.75, 3.05) is 11.3 Å². The third-order valence-corrected chi connectivity index (χ3v) is 3.11. The predicted octanol–water partition coefficient (Wildman–Crippen LogP) is 0.431. The number of benzene rings is 1. The molecule has 0 saturated heterocycles. The lowest BCUT2D eigenvalue weighted by atomic mass is 10.1. The van der Waals surface area contributed by atoms with Crippen LogP contribution in [0.2, 0.25) is 0 Å². The van der Waals surface area contributed by atoms with Crippen molar-refractivity contribution < 1.29 is 8.42 Å². The molecule has 0 atom stereocenters. The van der Waals surface area contributed by atoms with Gasteiger partial charge < -0.3 is 5.73 Å². The summed E-state index contributed by atoms with van der Waals surface area (Å²) < 4.78 is 27.5. The Kier molecular flexibility index (Phi) is 4.47. The van der Waals surface area contributed by atoms with E-state index in [0.29, 0.717) is 18.7 Å². The molecule has 94 valence electrons. The van der Waals surface area contributed by atoms with E-state index in [4.69, 9.17) is 11.1 Å². The molecule has 1 rings (SSSR count). The minimum Gasteiger partial charge on any atom is -0.387 e. The second kappa shape index (κ2) is 5.65. The Morgan fingerprint density at radius 1 is 1.35 bits per heavy atom. The molecule has 0 amide bonds. The van der Waals surface area contributed by atoms with Gasteiger partial charge in [-0.25, -0.2) is 0 Å². The lowest BCUT2D eigenvalue weighted by Gasteiger charge is -2.08. The van der Waals surface area contributed by atoms with E-state index in [0.717, 1.165) is 5.56 Å². The molecule has 1 aromatic carbocycles. The van der Waals surface area contributed by atoms with Crippen LogP contribution in [0.4, 0.5) is 5.69 Å². The van der Waals surface area contributed by atoms with E-state index in [1.54, 1.807) is 31.2 Å². The van der Waals surface area contributed by atoms with Gasteiger partial charge in [0.25, 0.3) is 10.2 Å². The van der Waals surface area contributed by atoms with Crippen LogP contribution < -0.4 is 15.2 Å². The van der Waals surface area contributed by atoms with E-state index in [-0.39, 0.29) is 5.84 Å². The summed E-state index contributed by atoms with van der Waals surface area (Å²) in [5, 5.41) is 7.14. The molecule has 0 radical (unpaired) electrons. The van der Waals surface area contributed by atoms with Crippen LogP contribution in [-0.2, 0) is 16.6 Å². The molecule has 0 heterocycles. The smallest absolute Gasteiger partial charge is 0.299 e. The summed E-state index contributed by atoms with van der Waals surface area (Å²) in [5.74, 6) is 0.0750. The minimum atomic E-state index is -3.49. The normalized spacial score (nSPS) is 11.1. The topological polar surface area (TPSA) is 108 Å². The second-order valence-corrected chi connectivity index (χ2v) is 5.00. The van der Waals surface area contributed by atoms with Crippen LogP contribution >= 0.6 is 0 Å². The number of nitrogens with two attached hydrogens (primary N) is 1. The molecule has 17 heavy (non-hydrogen) atoms. The van der Waals surface area contributed by atoms with Gasteiger partial charge in [-0.05, 0) is 17.7 Å². The summed E-state index contributed by atoms with van der Waals surface area (Å²) >= 11 is 0. The average Bonchev–Trinajstić information content (AvgIpc) is 2.19. The van der Waals surface area contributed by atoms with Crippen molar-refractivity contribution in [2.45, 2.75) is 13.3 Å². The lowest BCUT2D eigenvalue weighted by Crippen LogP contribution is -2.29. The Bertz CT molecular complexity index is 482. The monoisotopic (exact) mass is 256 g/mol. The van der Waals surface area contributed by atoms with E-state index >= 15 is 0 Å². The maximum atomic E-state index is 11.4. The molecule has 7 heteroatoms. The van der Waals surface area contributed by atoms with Gasteiger partial charge in [0.05, 0.1) is 5.84 Å². The van der Waals surface area contributed by atoms with Crippen LogP contribution in [0.1, 0.15) is 12.5 Å². The van der Waals surface area contributed by atoms with Gasteiger partial charge in [0.2, 0.25) is 0 Å². The van der Waals surface area contributed by atoms with E-state index in [9.17, 15) is 8.42 Å². The predicted molar refractivity (Wildman–Crippen MR) is 68.3 cm³/mol. The number of hydrogen-bond acceptors (Lipinski definition) is 3. The molecule has 6 nitrogen and oxygen atoms in total. The van der Waals surface area contributed by atoms with E-state index < -0.39 is 10.2 Å². The number of rotatable bonds is 6. The summed E-state index contributed by atoms with van der Waals surface area (Å²) in [6, 6.07) is 6.72. The Labute approximate surface area is 101 Å². The first kappa shape index (κ1) is 13.5. The van der Waals surface area contributed by atoms with Gasteiger partial charge in [-0.1, -0.05) is 19.1 Å². The fourth-order valence-electron chi connectivity index (χ4n) is 1.29. The molecular weight excluding hydrogens is 240 g/mol. The zero-order chi connectivity index (χ0) is 12.9. The highest BCUT2D eigenvalue weighted by atomic mass is 32.2. The highest BCUT2D eigenvalue weighted by Gasteiger charge is 2.07. The molecule has 0 fully saturated rings. The zero-order valence-corrected chi connectivity index (χ0v) is 10.3. The number of nitrogens with one attached hydrogen (secondary N) is 3. The zero-order valence-electron chi connectivity index (χ0n) is 9.53. The van der Waals surface area contributed by atoms with Crippen LogP contribution in [0.15, 0.2) is 24.3 Å². The first-order chi connectivity index (χ1) is 7.93. The van der Waals surface area contributed by atoms with Crippen LogP contribution in [0.5, 0.6) is 0 Å². The van der Waals surface area contributed by atoms with Crippen molar-refractivity contribution in [3.05, 3.63) is 29.8 Å². The largest absolute Gasteiger partial charge is 0.387 e. The molecule has 0 bridgehead atoms. The minimum absolute atomic E-state index is 0.0750. The Hall–Kier alpha value is -1.60. The average molecular weight is 256 g/mol. The third-order valence-electron chi connectivity index (χ3n) is 1.94. The van der Waals surface area contributed by atoms with Gasteiger partial charge in [0.1, 0.15) is 0 Å². The summed E-state index contributed by atoms with van der Waals surface area (Å²) in [6.07, 6.45) is 0.361.